The molecule has 2 amide bonds. The van der Waals surface area contributed by atoms with Gasteiger partial charge in [-0.1, -0.05) is 68.2 Å². The van der Waals surface area contributed by atoms with Crippen molar-refractivity contribution in [3.05, 3.63) is 63.6 Å². The van der Waals surface area contributed by atoms with Crippen molar-refractivity contribution in [2.45, 2.75) is 46.7 Å². The van der Waals surface area contributed by atoms with Crippen molar-refractivity contribution < 1.29 is 18.0 Å². The van der Waals surface area contributed by atoms with E-state index in [0.717, 1.165) is 21.7 Å². The summed E-state index contributed by atoms with van der Waals surface area (Å²) < 4.78 is 26.3. The number of hydrogen-bond donors (Lipinski definition) is 1. The van der Waals surface area contributed by atoms with Gasteiger partial charge in [-0.25, -0.2) is 8.42 Å². The first kappa shape index (κ1) is 28.9. The summed E-state index contributed by atoms with van der Waals surface area (Å²) in [6.45, 7) is 7.84. The molecule has 0 aromatic heterocycles. The van der Waals surface area contributed by atoms with Gasteiger partial charge >= 0.3 is 0 Å². The predicted octanol–water partition coefficient (Wildman–Crippen LogP) is 4.65. The highest BCUT2D eigenvalue weighted by Crippen LogP contribution is 2.27. The predicted molar refractivity (Wildman–Crippen MR) is 142 cm³/mol. The van der Waals surface area contributed by atoms with Crippen LogP contribution in [0.5, 0.6) is 0 Å². The van der Waals surface area contributed by atoms with Crippen molar-refractivity contribution in [2.24, 2.45) is 5.92 Å². The van der Waals surface area contributed by atoms with Crippen LogP contribution in [-0.4, -0.2) is 50.5 Å². The number of carbonyl (C=O) groups is 2. The molecule has 0 heterocycles. The molecule has 2 rings (SSSR count). The molecule has 0 aliphatic rings. The number of amides is 2. The summed E-state index contributed by atoms with van der Waals surface area (Å²) in [6.07, 6.45) is 1.37. The number of aryl methyl sites for hydroxylation is 1. The second kappa shape index (κ2) is 12.6. The van der Waals surface area contributed by atoms with Crippen LogP contribution in [0.2, 0.25) is 10.0 Å². The lowest BCUT2D eigenvalue weighted by atomic mass is 10.1. The maximum atomic E-state index is 13.7. The summed E-state index contributed by atoms with van der Waals surface area (Å²) >= 11 is 12.2. The van der Waals surface area contributed by atoms with E-state index in [-0.39, 0.29) is 34.1 Å². The van der Waals surface area contributed by atoms with E-state index in [0.29, 0.717) is 13.0 Å². The van der Waals surface area contributed by atoms with Gasteiger partial charge in [0.15, 0.2) is 0 Å². The number of carbonyl (C=O) groups excluding carboxylic acids is 2. The topological polar surface area (TPSA) is 86.8 Å². The largest absolute Gasteiger partial charge is 0.354 e. The Morgan fingerprint density at radius 1 is 1.06 bits per heavy atom. The first-order chi connectivity index (χ1) is 16.3. The van der Waals surface area contributed by atoms with E-state index in [1.165, 1.54) is 23.1 Å². The molecule has 0 spiro atoms. The first-order valence-corrected chi connectivity index (χ1v) is 14.0. The molecule has 192 valence electrons. The SMILES string of the molecule is CCC(C(=O)NCC(C)C)N(Cc1ccccc1C)C(=O)CN(c1cc(Cl)cc(Cl)c1)S(C)(=O)=O. The molecule has 0 radical (unpaired) electrons. The number of benzene rings is 2. The summed E-state index contributed by atoms with van der Waals surface area (Å²) in [5.74, 6) is -0.550. The third kappa shape index (κ3) is 8.40. The standard InChI is InChI=1S/C25H33Cl2N3O4S/c1-6-23(25(32)28-14-17(2)3)29(15-19-10-8-7-9-18(19)4)24(31)16-30(35(5,33)34)22-12-20(26)11-21(27)13-22/h7-13,17,23H,6,14-16H2,1-5H3,(H,28,32). The fourth-order valence-electron chi connectivity index (χ4n) is 3.61. The molecule has 0 saturated carbocycles. The summed E-state index contributed by atoms with van der Waals surface area (Å²) in [5, 5.41) is 3.38. The van der Waals surface area contributed by atoms with E-state index >= 15 is 0 Å². The molecule has 0 bridgehead atoms. The lowest BCUT2D eigenvalue weighted by Gasteiger charge is -2.33. The van der Waals surface area contributed by atoms with Crippen LogP contribution >= 0.6 is 23.2 Å². The van der Waals surface area contributed by atoms with Crippen molar-refractivity contribution >= 4 is 50.7 Å². The van der Waals surface area contributed by atoms with Gasteiger partial charge in [-0.15, -0.1) is 0 Å². The van der Waals surface area contributed by atoms with Crippen LogP contribution < -0.4 is 9.62 Å². The van der Waals surface area contributed by atoms with Crippen LogP contribution in [0.25, 0.3) is 0 Å². The number of nitrogens with one attached hydrogen (secondary N) is 1. The van der Waals surface area contributed by atoms with Gasteiger partial charge in [-0.2, -0.15) is 0 Å². The van der Waals surface area contributed by atoms with Gasteiger partial charge in [0, 0.05) is 23.1 Å². The zero-order valence-electron chi connectivity index (χ0n) is 20.7. The van der Waals surface area contributed by atoms with Crippen LogP contribution in [0.1, 0.15) is 38.3 Å². The molecular weight excluding hydrogens is 509 g/mol. The number of nitrogens with zero attached hydrogens (tertiary/aromatic N) is 2. The quantitative estimate of drug-likeness (QED) is 0.448. The first-order valence-electron chi connectivity index (χ1n) is 11.4. The van der Waals surface area contributed by atoms with Gasteiger partial charge in [0.05, 0.1) is 11.9 Å². The van der Waals surface area contributed by atoms with Crippen molar-refractivity contribution in [3.8, 4) is 0 Å². The van der Waals surface area contributed by atoms with Crippen molar-refractivity contribution in [2.75, 3.05) is 23.7 Å². The van der Waals surface area contributed by atoms with Crippen LogP contribution in [0.15, 0.2) is 42.5 Å². The van der Waals surface area contributed by atoms with Crippen LogP contribution in [-0.2, 0) is 26.2 Å². The van der Waals surface area contributed by atoms with Gasteiger partial charge < -0.3 is 10.2 Å². The highest BCUT2D eigenvalue weighted by Gasteiger charge is 2.32. The Balaban J connectivity index is 2.47. The average Bonchev–Trinajstić information content (AvgIpc) is 2.75. The number of halogens is 2. The summed E-state index contributed by atoms with van der Waals surface area (Å²) in [5.41, 5.74) is 2.00. The lowest BCUT2D eigenvalue weighted by molar-refractivity contribution is -0.140. The van der Waals surface area contributed by atoms with Crippen LogP contribution in [0.4, 0.5) is 5.69 Å². The summed E-state index contributed by atoms with van der Waals surface area (Å²) in [4.78, 5) is 28.2. The van der Waals surface area contributed by atoms with E-state index in [1.54, 1.807) is 0 Å². The van der Waals surface area contributed by atoms with Crippen LogP contribution in [0.3, 0.4) is 0 Å². The highest BCUT2D eigenvalue weighted by molar-refractivity contribution is 7.92. The van der Waals surface area contributed by atoms with Gasteiger partial charge in [0.25, 0.3) is 0 Å². The molecule has 0 aliphatic heterocycles. The maximum absolute atomic E-state index is 13.7. The lowest BCUT2D eigenvalue weighted by Crippen LogP contribution is -2.52. The van der Waals surface area contributed by atoms with Gasteiger partial charge in [0.1, 0.15) is 12.6 Å². The number of hydrogen-bond acceptors (Lipinski definition) is 4. The van der Waals surface area contributed by atoms with E-state index in [1.807, 2.05) is 52.0 Å². The number of anilines is 1. The Morgan fingerprint density at radius 2 is 1.66 bits per heavy atom. The Kier molecular flexibility index (Phi) is 10.4. The molecule has 7 nitrogen and oxygen atoms in total. The molecule has 35 heavy (non-hydrogen) atoms. The van der Waals surface area contributed by atoms with Gasteiger partial charge in [-0.05, 0) is 48.6 Å². The third-order valence-corrected chi connectivity index (χ3v) is 7.06. The molecule has 1 unspecified atom stereocenters. The molecule has 0 fully saturated rings. The minimum absolute atomic E-state index is 0.160. The smallest absolute Gasteiger partial charge is 0.244 e. The van der Waals surface area contributed by atoms with Gasteiger partial charge in [-0.3, -0.25) is 13.9 Å². The minimum atomic E-state index is -3.87. The van der Waals surface area contributed by atoms with Crippen LogP contribution in [0, 0.1) is 12.8 Å². The highest BCUT2D eigenvalue weighted by atomic mass is 35.5. The Hall–Kier alpha value is -2.29. The van der Waals surface area contributed by atoms with Crippen molar-refractivity contribution in [3.63, 3.8) is 0 Å². The zero-order chi connectivity index (χ0) is 26.3. The van der Waals surface area contributed by atoms with E-state index in [9.17, 15) is 18.0 Å². The van der Waals surface area contributed by atoms with E-state index in [4.69, 9.17) is 23.2 Å². The average molecular weight is 543 g/mol. The maximum Gasteiger partial charge on any atom is 0.244 e. The Bertz CT molecular complexity index is 1130. The molecular formula is C25H33Cl2N3O4S. The van der Waals surface area contributed by atoms with E-state index < -0.39 is 28.5 Å². The molecule has 0 saturated heterocycles. The molecule has 1 N–H and O–H groups in total. The zero-order valence-corrected chi connectivity index (χ0v) is 23.0. The van der Waals surface area contributed by atoms with Gasteiger partial charge in [0.2, 0.25) is 21.8 Å². The number of rotatable bonds is 11. The Labute approximate surface area is 218 Å². The summed E-state index contributed by atoms with van der Waals surface area (Å²) in [6, 6.07) is 11.1. The monoisotopic (exact) mass is 541 g/mol. The molecule has 0 aliphatic carbocycles. The third-order valence-electron chi connectivity index (χ3n) is 5.49. The second-order valence-electron chi connectivity index (χ2n) is 8.91. The van der Waals surface area contributed by atoms with Crippen molar-refractivity contribution in [1.82, 2.24) is 10.2 Å². The normalized spacial score (nSPS) is 12.3. The molecule has 10 heteroatoms. The molecule has 1 atom stereocenters. The molecule has 2 aromatic rings. The summed E-state index contributed by atoms with van der Waals surface area (Å²) in [7, 11) is -3.87. The fourth-order valence-corrected chi connectivity index (χ4v) is 4.96. The second-order valence-corrected chi connectivity index (χ2v) is 11.7. The molecule has 2 aromatic carbocycles. The number of sulfonamides is 1. The Morgan fingerprint density at radius 3 is 2.17 bits per heavy atom. The van der Waals surface area contributed by atoms with Crippen molar-refractivity contribution in [1.29, 1.82) is 0 Å². The van der Waals surface area contributed by atoms with E-state index in [2.05, 4.69) is 5.32 Å². The fraction of sp³-hybridized carbons (Fsp3) is 0.440. The minimum Gasteiger partial charge on any atom is -0.354 e.